The van der Waals surface area contributed by atoms with E-state index in [-0.39, 0.29) is 17.3 Å². The summed E-state index contributed by atoms with van der Waals surface area (Å²) in [7, 11) is 1.74. The van der Waals surface area contributed by atoms with Crippen LogP contribution in [0.4, 0.5) is 5.82 Å². The summed E-state index contributed by atoms with van der Waals surface area (Å²) in [6, 6.07) is 7.13. The summed E-state index contributed by atoms with van der Waals surface area (Å²) in [5, 5.41) is 21.9. The van der Waals surface area contributed by atoms with E-state index in [0.29, 0.717) is 36.3 Å². The Hall–Kier alpha value is -3.16. The number of aromatic nitrogens is 6. The van der Waals surface area contributed by atoms with E-state index in [1.54, 1.807) is 11.7 Å². The number of benzene rings is 1. The van der Waals surface area contributed by atoms with E-state index in [4.69, 9.17) is 20.2 Å². The standard InChI is InChI=1S/C31H44N8O4/c1-17(2)38(13-23-26(40)27(41)30(43-23)39-16-35-25-28(32)33-15-34-29(25)39)20-10-18(11-20)6-9-24-36-21-8-7-19(12-22(21)37-24)31(3,4)14-42-5/h7-8,12,15-18,20,23,26-27,30,40-41H,6,9-11,13-14H2,1-5H3,(H,36,37)(H2,32,33,34)/t18-,20+,23-,26-,27-,30-/m1/s1. The van der Waals surface area contributed by atoms with E-state index < -0.39 is 24.5 Å². The molecule has 43 heavy (non-hydrogen) atoms. The SMILES string of the molecule is COCC(C)(C)c1ccc2[nH]c(CC[C@H]3C[C@@H](N(C[C@H]4O[C@@H](n5cnc6c(N)ncnc65)[C@H](O)[C@@H]4O)C(C)C)C3)nc2c1. The molecule has 1 aliphatic carbocycles. The molecule has 0 spiro atoms. The third-order valence-electron chi connectivity index (χ3n) is 9.34. The van der Waals surface area contributed by atoms with Crippen molar-refractivity contribution in [2.75, 3.05) is 26.0 Å². The van der Waals surface area contributed by atoms with Crippen LogP contribution < -0.4 is 5.73 Å². The summed E-state index contributed by atoms with van der Waals surface area (Å²) >= 11 is 0. The molecule has 12 nitrogen and oxygen atoms in total. The number of H-pyrrole nitrogens is 1. The van der Waals surface area contributed by atoms with Gasteiger partial charge in [0, 0.05) is 37.6 Å². The first kappa shape index (κ1) is 29.9. The first-order chi connectivity index (χ1) is 20.6. The molecule has 4 aromatic rings. The number of hydrogen-bond acceptors (Lipinski definition) is 10. The molecule has 4 atom stereocenters. The zero-order valence-electron chi connectivity index (χ0n) is 25.6. The monoisotopic (exact) mass is 592 g/mol. The van der Waals surface area contributed by atoms with Crippen LogP contribution in [0.1, 0.15) is 64.6 Å². The second-order valence-corrected chi connectivity index (χ2v) is 13.2. The highest BCUT2D eigenvalue weighted by Crippen LogP contribution is 2.38. The number of nitrogen functional groups attached to an aromatic ring is 1. The summed E-state index contributed by atoms with van der Waals surface area (Å²) in [5.41, 5.74) is 10.1. The minimum absolute atomic E-state index is 0.0683. The van der Waals surface area contributed by atoms with Crippen molar-refractivity contribution in [3.8, 4) is 0 Å². The topological polar surface area (TPSA) is 160 Å². The van der Waals surface area contributed by atoms with Crippen molar-refractivity contribution in [3.63, 3.8) is 0 Å². The maximum atomic E-state index is 11.0. The van der Waals surface area contributed by atoms with Gasteiger partial charge in [-0.2, -0.15) is 0 Å². The number of nitrogens with zero attached hydrogens (tertiary/aromatic N) is 6. The first-order valence-corrected chi connectivity index (χ1v) is 15.2. The fourth-order valence-electron chi connectivity index (χ4n) is 6.75. The van der Waals surface area contributed by atoms with Gasteiger partial charge >= 0.3 is 0 Å². The second kappa shape index (κ2) is 11.7. The summed E-state index contributed by atoms with van der Waals surface area (Å²) < 4.78 is 13.3. The lowest BCUT2D eigenvalue weighted by Crippen LogP contribution is -2.52. The number of imidazole rings is 2. The molecule has 1 aliphatic heterocycles. The molecule has 1 aromatic carbocycles. The molecule has 0 radical (unpaired) electrons. The fraction of sp³-hybridized carbons (Fsp3) is 0.613. The van der Waals surface area contributed by atoms with Gasteiger partial charge in [-0.15, -0.1) is 0 Å². The van der Waals surface area contributed by atoms with Crippen molar-refractivity contribution < 1.29 is 19.7 Å². The highest BCUT2D eigenvalue weighted by atomic mass is 16.6. The lowest BCUT2D eigenvalue weighted by molar-refractivity contribution is -0.0620. The number of anilines is 1. The van der Waals surface area contributed by atoms with Gasteiger partial charge in [-0.1, -0.05) is 19.9 Å². The Morgan fingerprint density at radius 3 is 2.72 bits per heavy atom. The molecule has 6 rings (SSSR count). The number of hydrogen-bond donors (Lipinski definition) is 4. The van der Waals surface area contributed by atoms with Crippen LogP contribution in [0.15, 0.2) is 30.9 Å². The number of methoxy groups -OCH3 is 1. The Morgan fingerprint density at radius 1 is 1.19 bits per heavy atom. The highest BCUT2D eigenvalue weighted by Gasteiger charge is 2.46. The summed E-state index contributed by atoms with van der Waals surface area (Å²) in [6.07, 6.45) is 3.53. The average Bonchev–Trinajstić information content (AvgIpc) is 3.63. The van der Waals surface area contributed by atoms with E-state index in [1.165, 1.54) is 18.2 Å². The molecule has 0 amide bonds. The van der Waals surface area contributed by atoms with Crippen LogP contribution in [0.2, 0.25) is 0 Å². The lowest BCUT2D eigenvalue weighted by atomic mass is 9.76. The number of nitrogens with two attached hydrogens (primary N) is 1. The molecule has 0 unspecified atom stereocenters. The molecule has 5 N–H and O–H groups in total. The van der Waals surface area contributed by atoms with E-state index in [0.717, 1.165) is 42.5 Å². The summed E-state index contributed by atoms with van der Waals surface area (Å²) in [6.45, 7) is 9.90. The molecule has 0 bridgehead atoms. The van der Waals surface area contributed by atoms with Crippen LogP contribution in [0.5, 0.6) is 0 Å². The molecule has 4 heterocycles. The van der Waals surface area contributed by atoms with Crippen molar-refractivity contribution in [2.45, 2.75) is 95.4 Å². The van der Waals surface area contributed by atoms with Gasteiger partial charge in [0.2, 0.25) is 0 Å². The summed E-state index contributed by atoms with van der Waals surface area (Å²) in [4.78, 5) is 23.3. The number of nitrogens with one attached hydrogen (secondary N) is 1. The van der Waals surface area contributed by atoms with Crippen LogP contribution >= 0.6 is 0 Å². The van der Waals surface area contributed by atoms with Crippen LogP contribution in [0, 0.1) is 5.92 Å². The first-order valence-electron chi connectivity index (χ1n) is 15.2. The van der Waals surface area contributed by atoms with Gasteiger partial charge in [-0.25, -0.2) is 19.9 Å². The maximum Gasteiger partial charge on any atom is 0.167 e. The van der Waals surface area contributed by atoms with Crippen LogP contribution in [-0.2, 0) is 21.3 Å². The van der Waals surface area contributed by atoms with Gasteiger partial charge < -0.3 is 30.4 Å². The maximum absolute atomic E-state index is 11.0. The van der Waals surface area contributed by atoms with Crippen LogP contribution in [0.3, 0.4) is 0 Å². The predicted octanol–water partition coefficient (Wildman–Crippen LogP) is 2.95. The molecule has 232 valence electrons. The van der Waals surface area contributed by atoms with Crippen molar-refractivity contribution in [1.82, 2.24) is 34.4 Å². The predicted molar refractivity (Wildman–Crippen MR) is 163 cm³/mol. The number of fused-ring (bicyclic) bond motifs is 2. The number of ether oxygens (including phenoxy) is 2. The lowest BCUT2D eigenvalue weighted by Gasteiger charge is -2.46. The average molecular weight is 593 g/mol. The van der Waals surface area contributed by atoms with Gasteiger partial charge in [0.15, 0.2) is 17.7 Å². The highest BCUT2D eigenvalue weighted by molar-refractivity contribution is 5.81. The normalized spacial score (nSPS) is 26.3. The third-order valence-corrected chi connectivity index (χ3v) is 9.34. The van der Waals surface area contributed by atoms with Gasteiger partial charge in [0.05, 0.1) is 24.0 Å². The van der Waals surface area contributed by atoms with Gasteiger partial charge in [-0.3, -0.25) is 9.47 Å². The Labute approximate surface area is 251 Å². The largest absolute Gasteiger partial charge is 0.387 e. The van der Waals surface area contributed by atoms with Crippen molar-refractivity contribution in [3.05, 3.63) is 42.2 Å². The quantitative estimate of drug-likeness (QED) is 0.204. The van der Waals surface area contributed by atoms with Gasteiger partial charge in [-0.05, 0) is 56.7 Å². The zero-order chi connectivity index (χ0) is 30.5. The zero-order valence-corrected chi connectivity index (χ0v) is 25.6. The molecule has 12 heteroatoms. The molecular weight excluding hydrogens is 548 g/mol. The number of aryl methyl sites for hydroxylation is 1. The van der Waals surface area contributed by atoms with Crippen LogP contribution in [0.25, 0.3) is 22.2 Å². The molecule has 1 saturated carbocycles. The number of rotatable bonds is 11. The number of aliphatic hydroxyl groups excluding tert-OH is 2. The van der Waals surface area contributed by atoms with Crippen molar-refractivity contribution in [1.29, 1.82) is 0 Å². The smallest absolute Gasteiger partial charge is 0.167 e. The summed E-state index contributed by atoms with van der Waals surface area (Å²) in [5.74, 6) is 1.91. The number of aromatic amines is 1. The van der Waals surface area contributed by atoms with Crippen molar-refractivity contribution in [2.24, 2.45) is 5.92 Å². The molecule has 2 fully saturated rings. The van der Waals surface area contributed by atoms with Crippen molar-refractivity contribution >= 4 is 28.0 Å². The van der Waals surface area contributed by atoms with E-state index in [9.17, 15) is 10.2 Å². The van der Waals surface area contributed by atoms with Crippen LogP contribution in [-0.4, -0.2) is 95.3 Å². The minimum atomic E-state index is -1.12. The second-order valence-electron chi connectivity index (χ2n) is 13.2. The Kier molecular flexibility index (Phi) is 8.16. The third kappa shape index (κ3) is 5.74. The van der Waals surface area contributed by atoms with E-state index in [1.807, 2.05) is 0 Å². The minimum Gasteiger partial charge on any atom is -0.387 e. The molecule has 3 aromatic heterocycles. The Morgan fingerprint density at radius 2 is 1.98 bits per heavy atom. The molecular formula is C31H44N8O4. The Bertz CT molecular complexity index is 1560. The Balaban J connectivity index is 1.05. The number of aliphatic hydroxyl groups is 2. The molecule has 1 saturated heterocycles. The molecule has 2 aliphatic rings. The van der Waals surface area contributed by atoms with E-state index in [2.05, 4.69) is 70.7 Å². The van der Waals surface area contributed by atoms with E-state index >= 15 is 0 Å². The fourth-order valence-corrected chi connectivity index (χ4v) is 6.75. The van der Waals surface area contributed by atoms with Gasteiger partial charge in [0.25, 0.3) is 0 Å². The van der Waals surface area contributed by atoms with Gasteiger partial charge in [0.1, 0.15) is 36.0 Å².